The number of rotatable bonds is 6. The highest BCUT2D eigenvalue weighted by Crippen LogP contribution is 2.25. The van der Waals surface area contributed by atoms with Crippen molar-refractivity contribution < 1.29 is 24.2 Å². The van der Waals surface area contributed by atoms with Crippen LogP contribution >= 0.6 is 0 Å². The number of nitrogens with one attached hydrogen (secondary N) is 1. The SMILES string of the molecule is CCOC(=O)C1CCC(NC(=O)CCC(=O)O)CC1. The van der Waals surface area contributed by atoms with Gasteiger partial charge in [-0.15, -0.1) is 0 Å². The summed E-state index contributed by atoms with van der Waals surface area (Å²) in [5.41, 5.74) is 0. The van der Waals surface area contributed by atoms with E-state index in [2.05, 4.69) is 5.32 Å². The minimum Gasteiger partial charge on any atom is -0.481 e. The summed E-state index contributed by atoms with van der Waals surface area (Å²) in [6, 6.07) is 0.0481. The number of carboxylic acid groups (broad SMARTS) is 1. The predicted molar refractivity (Wildman–Crippen MR) is 67.4 cm³/mol. The molecule has 1 saturated carbocycles. The Hall–Kier alpha value is -1.59. The van der Waals surface area contributed by atoms with Crippen molar-refractivity contribution in [3.8, 4) is 0 Å². The third-order valence-corrected chi connectivity index (χ3v) is 3.28. The van der Waals surface area contributed by atoms with E-state index in [0.29, 0.717) is 19.4 Å². The van der Waals surface area contributed by atoms with E-state index in [9.17, 15) is 14.4 Å². The summed E-state index contributed by atoms with van der Waals surface area (Å²) in [6.07, 6.45) is 2.76. The zero-order valence-electron chi connectivity index (χ0n) is 11.2. The number of carbonyl (C=O) groups is 3. The van der Waals surface area contributed by atoms with Crippen LogP contribution in [0.25, 0.3) is 0 Å². The van der Waals surface area contributed by atoms with Crippen LogP contribution in [0.1, 0.15) is 45.4 Å². The average Bonchev–Trinajstić information content (AvgIpc) is 2.37. The number of carboxylic acids is 1. The second-order valence-corrected chi connectivity index (χ2v) is 4.76. The predicted octanol–water partition coefficient (Wildman–Crippen LogP) is 1.09. The second-order valence-electron chi connectivity index (χ2n) is 4.76. The fourth-order valence-electron chi connectivity index (χ4n) is 2.25. The summed E-state index contributed by atoms with van der Waals surface area (Å²) in [7, 11) is 0. The molecular formula is C13H21NO5. The van der Waals surface area contributed by atoms with Crippen LogP contribution in [0.5, 0.6) is 0 Å². The van der Waals surface area contributed by atoms with Gasteiger partial charge < -0.3 is 15.2 Å². The monoisotopic (exact) mass is 271 g/mol. The van der Waals surface area contributed by atoms with Crippen LogP contribution < -0.4 is 5.32 Å². The Morgan fingerprint density at radius 3 is 2.32 bits per heavy atom. The minimum absolute atomic E-state index is 0.00708. The van der Waals surface area contributed by atoms with Crippen LogP contribution in [0.15, 0.2) is 0 Å². The molecule has 0 aromatic carbocycles. The molecule has 1 fully saturated rings. The summed E-state index contributed by atoms with van der Waals surface area (Å²) in [5, 5.41) is 11.3. The number of carbonyl (C=O) groups excluding carboxylic acids is 2. The highest BCUT2D eigenvalue weighted by molar-refractivity contribution is 5.80. The van der Waals surface area contributed by atoms with E-state index in [-0.39, 0.29) is 36.7 Å². The molecule has 19 heavy (non-hydrogen) atoms. The molecule has 2 N–H and O–H groups in total. The van der Waals surface area contributed by atoms with Gasteiger partial charge in [0.15, 0.2) is 0 Å². The Morgan fingerprint density at radius 2 is 1.79 bits per heavy atom. The Kier molecular flexibility index (Phi) is 6.32. The van der Waals surface area contributed by atoms with Gasteiger partial charge in [-0.05, 0) is 32.6 Å². The molecule has 0 atom stereocenters. The van der Waals surface area contributed by atoms with Crippen LogP contribution in [0.2, 0.25) is 0 Å². The molecule has 6 nitrogen and oxygen atoms in total. The fraction of sp³-hybridized carbons (Fsp3) is 0.769. The van der Waals surface area contributed by atoms with Gasteiger partial charge in [0.1, 0.15) is 0 Å². The lowest BCUT2D eigenvalue weighted by molar-refractivity contribution is -0.149. The molecule has 1 aliphatic rings. The van der Waals surface area contributed by atoms with Crippen molar-refractivity contribution in [1.29, 1.82) is 0 Å². The molecule has 0 heterocycles. The number of esters is 1. The first-order valence-electron chi connectivity index (χ1n) is 6.70. The van der Waals surface area contributed by atoms with Gasteiger partial charge in [0, 0.05) is 12.5 Å². The Balaban J connectivity index is 2.24. The van der Waals surface area contributed by atoms with E-state index in [4.69, 9.17) is 9.84 Å². The van der Waals surface area contributed by atoms with Crippen molar-refractivity contribution in [2.24, 2.45) is 5.92 Å². The Morgan fingerprint density at radius 1 is 1.16 bits per heavy atom. The van der Waals surface area contributed by atoms with Gasteiger partial charge in [0.25, 0.3) is 0 Å². The molecule has 0 radical (unpaired) electrons. The summed E-state index contributed by atoms with van der Waals surface area (Å²) < 4.78 is 4.97. The van der Waals surface area contributed by atoms with E-state index in [1.54, 1.807) is 6.92 Å². The third-order valence-electron chi connectivity index (χ3n) is 3.28. The normalized spacial score (nSPS) is 22.6. The number of aliphatic carboxylic acids is 1. The highest BCUT2D eigenvalue weighted by Gasteiger charge is 2.27. The number of hydrogen-bond acceptors (Lipinski definition) is 4. The van der Waals surface area contributed by atoms with Gasteiger partial charge >= 0.3 is 11.9 Å². The molecule has 0 aromatic rings. The summed E-state index contributed by atoms with van der Waals surface area (Å²) in [5.74, 6) is -1.42. The second kappa shape index (κ2) is 7.76. The molecule has 1 amide bonds. The fourth-order valence-corrected chi connectivity index (χ4v) is 2.25. The molecule has 0 unspecified atom stereocenters. The molecule has 0 bridgehead atoms. The number of amides is 1. The largest absolute Gasteiger partial charge is 0.481 e. The third kappa shape index (κ3) is 5.72. The van der Waals surface area contributed by atoms with Gasteiger partial charge in [-0.2, -0.15) is 0 Å². The lowest BCUT2D eigenvalue weighted by Crippen LogP contribution is -2.39. The van der Waals surface area contributed by atoms with Crippen molar-refractivity contribution in [3.05, 3.63) is 0 Å². The molecule has 0 aliphatic heterocycles. The average molecular weight is 271 g/mol. The maximum Gasteiger partial charge on any atom is 0.308 e. The minimum atomic E-state index is -0.971. The molecule has 108 valence electrons. The van der Waals surface area contributed by atoms with Crippen molar-refractivity contribution in [1.82, 2.24) is 5.32 Å². The van der Waals surface area contributed by atoms with E-state index >= 15 is 0 Å². The zero-order chi connectivity index (χ0) is 14.3. The molecule has 0 aromatic heterocycles. The van der Waals surface area contributed by atoms with Crippen molar-refractivity contribution >= 4 is 17.8 Å². The smallest absolute Gasteiger partial charge is 0.308 e. The van der Waals surface area contributed by atoms with Gasteiger partial charge in [0.2, 0.25) is 5.91 Å². The summed E-state index contributed by atoms with van der Waals surface area (Å²) in [6.45, 7) is 2.18. The number of hydrogen-bond donors (Lipinski definition) is 2. The van der Waals surface area contributed by atoms with Crippen LogP contribution in [-0.2, 0) is 19.1 Å². The first-order chi connectivity index (χ1) is 9.02. The van der Waals surface area contributed by atoms with Crippen molar-refractivity contribution in [2.45, 2.75) is 51.5 Å². The topological polar surface area (TPSA) is 92.7 Å². The number of ether oxygens (including phenoxy) is 1. The first-order valence-corrected chi connectivity index (χ1v) is 6.70. The van der Waals surface area contributed by atoms with E-state index < -0.39 is 5.97 Å². The van der Waals surface area contributed by atoms with Gasteiger partial charge in [0.05, 0.1) is 18.9 Å². The summed E-state index contributed by atoms with van der Waals surface area (Å²) >= 11 is 0. The van der Waals surface area contributed by atoms with Gasteiger partial charge in [-0.1, -0.05) is 0 Å². The van der Waals surface area contributed by atoms with E-state index in [1.807, 2.05) is 0 Å². The van der Waals surface area contributed by atoms with Crippen molar-refractivity contribution in [2.75, 3.05) is 6.61 Å². The molecular weight excluding hydrogens is 250 g/mol. The Labute approximate surface area is 112 Å². The van der Waals surface area contributed by atoms with Gasteiger partial charge in [-0.3, -0.25) is 14.4 Å². The van der Waals surface area contributed by atoms with Crippen LogP contribution in [0.3, 0.4) is 0 Å². The van der Waals surface area contributed by atoms with Crippen molar-refractivity contribution in [3.63, 3.8) is 0 Å². The maximum atomic E-state index is 11.5. The quantitative estimate of drug-likeness (QED) is 0.705. The standard InChI is InChI=1S/C13H21NO5/c1-2-19-13(18)9-3-5-10(6-4-9)14-11(15)7-8-12(16)17/h9-10H,2-8H2,1H3,(H,14,15)(H,16,17). The lowest BCUT2D eigenvalue weighted by Gasteiger charge is -2.27. The van der Waals surface area contributed by atoms with Crippen LogP contribution in [0.4, 0.5) is 0 Å². The van der Waals surface area contributed by atoms with Crippen LogP contribution in [0, 0.1) is 5.92 Å². The van der Waals surface area contributed by atoms with Crippen LogP contribution in [-0.4, -0.2) is 35.6 Å². The molecule has 0 saturated heterocycles. The van der Waals surface area contributed by atoms with Gasteiger partial charge in [-0.25, -0.2) is 0 Å². The van der Waals surface area contributed by atoms with E-state index in [1.165, 1.54) is 0 Å². The molecule has 1 aliphatic carbocycles. The Bertz CT molecular complexity index is 334. The molecule has 1 rings (SSSR count). The highest BCUT2D eigenvalue weighted by atomic mass is 16.5. The molecule has 6 heteroatoms. The van der Waals surface area contributed by atoms with E-state index in [0.717, 1.165) is 12.8 Å². The maximum absolute atomic E-state index is 11.5. The summed E-state index contributed by atoms with van der Waals surface area (Å²) in [4.78, 5) is 33.3. The lowest BCUT2D eigenvalue weighted by atomic mass is 9.86. The zero-order valence-corrected chi connectivity index (χ0v) is 11.2. The molecule has 0 spiro atoms. The first kappa shape index (κ1) is 15.5.